The predicted octanol–water partition coefficient (Wildman–Crippen LogP) is -4.16. The number of aliphatic hydroxyl groups excluding tert-OH is 2. The minimum absolute atomic E-state index is 0.110. The summed E-state index contributed by atoms with van der Waals surface area (Å²) in [5, 5.41) is 20.0. The third-order valence-electron chi connectivity index (χ3n) is 3.40. The first-order valence-corrected chi connectivity index (χ1v) is 11.6. The fraction of sp³-hybridized carbons (Fsp3) is 0.400. The van der Waals surface area contributed by atoms with Crippen LogP contribution in [0.5, 0.6) is 0 Å². The maximum Gasteiger partial charge on any atom is 0.350 e. The van der Waals surface area contributed by atoms with Gasteiger partial charge in [0.05, 0.1) is 20.5 Å². The Morgan fingerprint density at radius 2 is 1.76 bits per heavy atom. The summed E-state index contributed by atoms with van der Waals surface area (Å²) >= 11 is 0. The first-order chi connectivity index (χ1) is 13.1. The van der Waals surface area contributed by atoms with Gasteiger partial charge in [0.25, 0.3) is 15.6 Å². The summed E-state index contributed by atoms with van der Waals surface area (Å²) in [7, 11) is -18.0. The lowest BCUT2D eigenvalue weighted by Gasteiger charge is -2.37. The van der Waals surface area contributed by atoms with Crippen LogP contribution in [0.15, 0.2) is 28.7 Å². The molecule has 2 rings (SSSR count). The summed E-state index contributed by atoms with van der Waals surface area (Å²) in [6.45, 7) is -1.06. The number of phosphoric ester groups is 1. The van der Waals surface area contributed by atoms with E-state index in [9.17, 15) is 48.3 Å². The van der Waals surface area contributed by atoms with E-state index in [0.29, 0.717) is 0 Å². The Bertz CT molecular complexity index is 1000. The van der Waals surface area contributed by atoms with Gasteiger partial charge >= 0.3 is 5.69 Å². The van der Waals surface area contributed by atoms with Gasteiger partial charge in [-0.15, -0.1) is 0 Å². The highest BCUT2D eigenvalue weighted by Crippen LogP contribution is 2.60. The van der Waals surface area contributed by atoms with Gasteiger partial charge in [0.2, 0.25) is 0 Å². The van der Waals surface area contributed by atoms with Gasteiger partial charge in [-0.05, 0) is 11.6 Å². The smallest absolute Gasteiger partial charge is 0.350 e. The zero-order valence-electron chi connectivity index (χ0n) is 13.9. The molecule has 0 aromatic carbocycles. The average Bonchev–Trinajstić information content (AvgIpc) is 2.78. The Hall–Kier alpha value is -1.25. The molecule has 1 aliphatic carbocycles. The van der Waals surface area contributed by atoms with Crippen molar-refractivity contribution >= 4 is 29.3 Å². The van der Waals surface area contributed by atoms with Crippen molar-refractivity contribution < 1.29 is 56.6 Å². The molecule has 1 heterocycles. The van der Waals surface area contributed by atoms with Gasteiger partial charge in [-0.3, -0.25) is 18.0 Å². The summed E-state index contributed by atoms with van der Waals surface area (Å²) in [5.41, 5.74) is 4.15. The van der Waals surface area contributed by atoms with Gasteiger partial charge in [-0.1, -0.05) is 6.08 Å². The molecule has 0 saturated carbocycles. The lowest BCUT2D eigenvalue weighted by Crippen LogP contribution is -2.35. The molecule has 29 heavy (non-hydrogen) atoms. The number of phosphoric acid groups is 3. The SMILES string of the molecule is Nc1ccn([C@@H]2C=C(COP(=O)([O-])OP(=O)([O-])OP(=O)([O-])[O-])[C@@H](O)[C@H]2O)c(=O)n1. The zero-order valence-corrected chi connectivity index (χ0v) is 16.6. The Morgan fingerprint density at radius 1 is 1.14 bits per heavy atom. The summed E-state index contributed by atoms with van der Waals surface area (Å²) < 4.78 is 44.3. The van der Waals surface area contributed by atoms with Gasteiger partial charge in [0, 0.05) is 6.20 Å². The van der Waals surface area contributed by atoms with E-state index >= 15 is 0 Å². The van der Waals surface area contributed by atoms with Crippen molar-refractivity contribution in [2.75, 3.05) is 12.3 Å². The number of anilines is 1. The van der Waals surface area contributed by atoms with Crippen LogP contribution in [0, 0.1) is 0 Å². The molecule has 0 fully saturated rings. The normalized spacial score (nSPS) is 26.6. The molecule has 0 radical (unpaired) electrons. The van der Waals surface area contributed by atoms with E-state index < -0.39 is 54.0 Å². The van der Waals surface area contributed by atoms with Crippen LogP contribution < -0.4 is 31.0 Å². The third kappa shape index (κ3) is 6.62. The standard InChI is InChI=1S/C10H16N3O13P3/c11-7-1-2-13(10(16)12-7)6-3-5(8(14)9(6)15)4-24-28(20,21)26-29(22,23)25-27(17,18)19/h1-3,6,8-9,14-15H,4H2,(H,20,21)(H,22,23)(H2,11,12,16)(H2,17,18,19)/p-4/t6-,8-,9+/m1/s1. The van der Waals surface area contributed by atoms with Crippen molar-refractivity contribution in [1.82, 2.24) is 9.55 Å². The Labute approximate surface area is 161 Å². The summed E-state index contributed by atoms with van der Waals surface area (Å²) in [4.78, 5) is 58.3. The van der Waals surface area contributed by atoms with E-state index in [1.165, 1.54) is 6.07 Å². The zero-order chi connectivity index (χ0) is 22.2. The van der Waals surface area contributed by atoms with Crippen LogP contribution in [0.25, 0.3) is 0 Å². The fourth-order valence-electron chi connectivity index (χ4n) is 2.29. The van der Waals surface area contributed by atoms with Crippen LogP contribution in [0.2, 0.25) is 0 Å². The number of hydrogen-bond acceptors (Lipinski definition) is 15. The lowest BCUT2D eigenvalue weighted by molar-refractivity contribution is -0.339. The summed E-state index contributed by atoms with van der Waals surface area (Å²) in [6, 6.07) is 0.0239. The van der Waals surface area contributed by atoms with Crippen LogP contribution in [0.4, 0.5) is 5.82 Å². The Morgan fingerprint density at radius 3 is 2.31 bits per heavy atom. The molecule has 16 nitrogen and oxygen atoms in total. The maximum absolute atomic E-state index is 11.8. The van der Waals surface area contributed by atoms with Crippen LogP contribution in [-0.2, 0) is 26.8 Å². The number of nitrogens with two attached hydrogens (primary N) is 1. The quantitative estimate of drug-likeness (QED) is 0.238. The lowest BCUT2D eigenvalue weighted by atomic mass is 10.1. The molecule has 4 N–H and O–H groups in total. The van der Waals surface area contributed by atoms with Crippen molar-refractivity contribution in [3.63, 3.8) is 0 Å². The summed E-state index contributed by atoms with van der Waals surface area (Å²) in [5.74, 6) is -0.110. The topological polar surface area (TPSA) is 273 Å². The van der Waals surface area contributed by atoms with E-state index in [2.05, 4.69) is 18.1 Å². The molecule has 19 heteroatoms. The maximum atomic E-state index is 11.8. The van der Waals surface area contributed by atoms with Crippen molar-refractivity contribution in [3.05, 3.63) is 34.4 Å². The molecule has 0 amide bonds. The highest BCUT2D eigenvalue weighted by atomic mass is 31.3. The van der Waals surface area contributed by atoms with Crippen molar-refractivity contribution in [2.45, 2.75) is 18.2 Å². The minimum atomic E-state index is -6.13. The molecule has 2 unspecified atom stereocenters. The van der Waals surface area contributed by atoms with Crippen LogP contribution in [-0.4, -0.2) is 38.6 Å². The number of nitrogen functional groups attached to an aromatic ring is 1. The Balaban J connectivity index is 2.12. The number of aromatic nitrogens is 2. The number of aliphatic hydroxyl groups is 2. The largest absolute Gasteiger partial charge is 0.790 e. The van der Waals surface area contributed by atoms with E-state index in [1.54, 1.807) is 0 Å². The van der Waals surface area contributed by atoms with E-state index in [1.807, 2.05) is 0 Å². The average molecular weight is 475 g/mol. The van der Waals surface area contributed by atoms with Gasteiger partial charge in [-0.25, -0.2) is 9.11 Å². The van der Waals surface area contributed by atoms with Crippen LogP contribution in [0.3, 0.4) is 0 Å². The highest BCUT2D eigenvalue weighted by Gasteiger charge is 2.37. The van der Waals surface area contributed by atoms with Crippen LogP contribution >= 0.6 is 23.5 Å². The molecule has 0 saturated heterocycles. The molecule has 0 bridgehead atoms. The molecular weight excluding hydrogens is 463 g/mol. The molecular formula is C10H12N3O13P3-4. The molecule has 0 aliphatic heterocycles. The number of nitrogens with zero attached hydrogens (tertiary/aromatic N) is 2. The van der Waals surface area contributed by atoms with E-state index in [4.69, 9.17) is 5.73 Å². The number of hydrogen-bond donors (Lipinski definition) is 3. The second kappa shape index (κ2) is 8.47. The predicted molar refractivity (Wildman–Crippen MR) is 83.0 cm³/mol. The van der Waals surface area contributed by atoms with Gasteiger partial charge in [-0.2, -0.15) is 4.98 Å². The van der Waals surface area contributed by atoms with E-state index in [-0.39, 0.29) is 11.4 Å². The molecule has 1 aliphatic rings. The highest BCUT2D eigenvalue weighted by molar-refractivity contribution is 7.64. The Kier molecular flexibility index (Phi) is 7.02. The summed E-state index contributed by atoms with van der Waals surface area (Å²) in [6.07, 6.45) is -1.17. The van der Waals surface area contributed by atoms with Crippen molar-refractivity contribution in [3.8, 4) is 0 Å². The van der Waals surface area contributed by atoms with E-state index in [0.717, 1.165) is 16.8 Å². The second-order valence-corrected chi connectivity index (χ2v) is 9.74. The molecule has 5 atom stereocenters. The van der Waals surface area contributed by atoms with Crippen LogP contribution in [0.1, 0.15) is 6.04 Å². The van der Waals surface area contributed by atoms with Crippen molar-refractivity contribution in [1.29, 1.82) is 0 Å². The number of rotatable bonds is 8. The molecule has 1 aromatic rings. The van der Waals surface area contributed by atoms with Gasteiger partial charge < -0.3 is 44.6 Å². The molecule has 1 aromatic heterocycles. The third-order valence-corrected chi connectivity index (χ3v) is 7.05. The molecule has 164 valence electrons. The molecule has 0 spiro atoms. The fourth-order valence-corrected chi connectivity index (χ4v) is 5.13. The van der Waals surface area contributed by atoms with Gasteiger partial charge in [0.15, 0.2) is 0 Å². The first-order valence-electron chi connectivity index (χ1n) is 7.23. The minimum Gasteiger partial charge on any atom is -0.790 e. The van der Waals surface area contributed by atoms with Crippen molar-refractivity contribution in [2.24, 2.45) is 0 Å². The second-order valence-electron chi connectivity index (χ2n) is 5.49. The van der Waals surface area contributed by atoms with Gasteiger partial charge in [0.1, 0.15) is 18.0 Å². The first kappa shape index (κ1) is 24.0. The monoisotopic (exact) mass is 475 g/mol.